The summed E-state index contributed by atoms with van der Waals surface area (Å²) < 4.78 is 5.45. The highest BCUT2D eigenvalue weighted by Crippen LogP contribution is 2.23. The molecule has 0 spiro atoms. The van der Waals surface area contributed by atoms with E-state index in [1.54, 1.807) is 13.0 Å². The maximum Gasteiger partial charge on any atom is 0.337 e. The van der Waals surface area contributed by atoms with E-state index >= 15 is 0 Å². The Balaban J connectivity index is 2.19. The van der Waals surface area contributed by atoms with Crippen molar-refractivity contribution in [2.75, 3.05) is 11.1 Å². The third kappa shape index (κ3) is 2.74. The van der Waals surface area contributed by atoms with Crippen LogP contribution in [0, 0.1) is 20.8 Å². The van der Waals surface area contributed by atoms with Crippen molar-refractivity contribution in [1.82, 2.24) is 4.98 Å². The fraction of sp³-hybridized carbons (Fsp3) is 0.286. The average molecular weight is 275 g/mol. The van der Waals surface area contributed by atoms with Crippen LogP contribution in [0.5, 0.6) is 0 Å². The Morgan fingerprint density at radius 3 is 2.65 bits per heavy atom. The number of aryl methyl sites for hydroxylation is 3. The summed E-state index contributed by atoms with van der Waals surface area (Å²) in [5, 5.41) is 12.2. The maximum atomic E-state index is 11.1. The second kappa shape index (κ2) is 5.24. The van der Waals surface area contributed by atoms with Gasteiger partial charge in [0.05, 0.1) is 17.8 Å². The lowest BCUT2D eigenvalue weighted by atomic mass is 10.1. The van der Waals surface area contributed by atoms with Crippen LogP contribution in [0.2, 0.25) is 0 Å². The lowest BCUT2D eigenvalue weighted by molar-refractivity contribution is 0.0698. The van der Waals surface area contributed by atoms with Crippen LogP contribution in [0.1, 0.15) is 33.3 Å². The van der Waals surface area contributed by atoms with Crippen LogP contribution >= 0.6 is 0 Å². The Morgan fingerprint density at radius 2 is 2.10 bits per heavy atom. The van der Waals surface area contributed by atoms with Gasteiger partial charge >= 0.3 is 5.97 Å². The van der Waals surface area contributed by atoms with Gasteiger partial charge in [0.25, 0.3) is 0 Å². The molecule has 0 amide bonds. The summed E-state index contributed by atoms with van der Waals surface area (Å²) in [5.41, 5.74) is 8.35. The number of hydrogen-bond donors (Lipinski definition) is 3. The molecule has 0 radical (unpaired) electrons. The molecule has 1 heterocycles. The first-order valence-electron chi connectivity index (χ1n) is 6.18. The Hall–Kier alpha value is -2.50. The van der Waals surface area contributed by atoms with Gasteiger partial charge in [-0.3, -0.25) is 0 Å². The lowest BCUT2D eigenvalue weighted by Crippen LogP contribution is -2.07. The number of nitrogens with one attached hydrogen (secondary N) is 1. The molecule has 0 fully saturated rings. The number of nitrogen functional groups attached to an aromatic ring is 1. The van der Waals surface area contributed by atoms with E-state index in [2.05, 4.69) is 10.3 Å². The highest BCUT2D eigenvalue weighted by atomic mass is 16.4. The van der Waals surface area contributed by atoms with E-state index < -0.39 is 5.97 Å². The summed E-state index contributed by atoms with van der Waals surface area (Å²) in [6.45, 7) is 5.88. The van der Waals surface area contributed by atoms with E-state index in [-0.39, 0.29) is 11.3 Å². The summed E-state index contributed by atoms with van der Waals surface area (Å²) in [4.78, 5) is 15.4. The van der Waals surface area contributed by atoms with E-state index in [0.29, 0.717) is 23.7 Å². The number of aromatic carboxylic acids is 1. The van der Waals surface area contributed by atoms with Crippen LogP contribution in [0.3, 0.4) is 0 Å². The second-order valence-electron chi connectivity index (χ2n) is 4.66. The van der Waals surface area contributed by atoms with Crippen LogP contribution in [0.15, 0.2) is 16.5 Å². The first-order chi connectivity index (χ1) is 9.38. The topological polar surface area (TPSA) is 101 Å². The highest BCUT2D eigenvalue weighted by Gasteiger charge is 2.12. The number of nitrogens with zero attached hydrogens (tertiary/aromatic N) is 1. The van der Waals surface area contributed by atoms with Crippen LogP contribution in [0.4, 0.5) is 11.4 Å². The summed E-state index contributed by atoms with van der Waals surface area (Å²) >= 11 is 0. The molecule has 0 saturated heterocycles. The monoisotopic (exact) mass is 275 g/mol. The van der Waals surface area contributed by atoms with Gasteiger partial charge in [0.15, 0.2) is 0 Å². The van der Waals surface area contributed by atoms with Crippen molar-refractivity contribution in [3.8, 4) is 0 Å². The van der Waals surface area contributed by atoms with Crippen molar-refractivity contribution < 1.29 is 14.3 Å². The third-order valence-corrected chi connectivity index (χ3v) is 3.13. The van der Waals surface area contributed by atoms with Gasteiger partial charge in [-0.2, -0.15) is 0 Å². The minimum atomic E-state index is -1.04. The van der Waals surface area contributed by atoms with Crippen molar-refractivity contribution in [2.45, 2.75) is 27.3 Å². The smallest absolute Gasteiger partial charge is 0.337 e. The molecule has 0 aliphatic heterocycles. The van der Waals surface area contributed by atoms with Crippen LogP contribution in [0.25, 0.3) is 0 Å². The number of carbonyl (C=O) groups is 1. The largest absolute Gasteiger partial charge is 0.478 e. The number of anilines is 2. The Labute approximate surface area is 116 Å². The average Bonchev–Trinajstić information content (AvgIpc) is 2.69. The minimum absolute atomic E-state index is 0.0901. The van der Waals surface area contributed by atoms with Crippen molar-refractivity contribution >= 4 is 17.3 Å². The van der Waals surface area contributed by atoms with Crippen LogP contribution < -0.4 is 11.1 Å². The molecule has 0 bridgehead atoms. The van der Waals surface area contributed by atoms with Crippen molar-refractivity contribution in [1.29, 1.82) is 0 Å². The van der Waals surface area contributed by atoms with Crippen molar-refractivity contribution in [3.05, 3.63) is 40.6 Å². The van der Waals surface area contributed by atoms with Crippen molar-refractivity contribution in [3.63, 3.8) is 0 Å². The number of hydrogen-bond acceptors (Lipinski definition) is 5. The number of oxazole rings is 1. The first kappa shape index (κ1) is 13.9. The van der Waals surface area contributed by atoms with Gasteiger partial charge in [-0.1, -0.05) is 0 Å². The zero-order valence-electron chi connectivity index (χ0n) is 11.7. The molecule has 0 unspecified atom stereocenters. The molecule has 4 N–H and O–H groups in total. The number of aromatic nitrogens is 1. The molecule has 0 saturated carbocycles. The number of carboxylic acid groups (broad SMARTS) is 1. The molecule has 0 atom stereocenters. The van der Waals surface area contributed by atoms with E-state index in [1.807, 2.05) is 13.8 Å². The Bertz CT molecular complexity index is 642. The normalized spacial score (nSPS) is 10.6. The Morgan fingerprint density at radius 1 is 1.40 bits per heavy atom. The van der Waals surface area contributed by atoms with Crippen LogP contribution in [-0.4, -0.2) is 16.1 Å². The molecule has 6 heteroatoms. The summed E-state index contributed by atoms with van der Waals surface area (Å²) in [7, 11) is 0. The molecular weight excluding hydrogens is 258 g/mol. The SMILES string of the molecule is Cc1cc(NCc2nc(C)c(C)o2)cc(C(=O)O)c1N. The summed E-state index contributed by atoms with van der Waals surface area (Å²) in [6.07, 6.45) is 0. The molecule has 1 aromatic carbocycles. The highest BCUT2D eigenvalue weighted by molar-refractivity contribution is 5.95. The van der Waals surface area contributed by atoms with Crippen molar-refractivity contribution in [2.24, 2.45) is 0 Å². The zero-order valence-corrected chi connectivity index (χ0v) is 11.7. The molecule has 2 aromatic rings. The van der Waals surface area contributed by atoms with Gasteiger partial charge in [-0.05, 0) is 38.5 Å². The summed E-state index contributed by atoms with van der Waals surface area (Å²) in [6, 6.07) is 3.30. The molecule has 2 rings (SSSR count). The summed E-state index contributed by atoms with van der Waals surface area (Å²) in [5.74, 6) is 0.296. The van der Waals surface area contributed by atoms with Gasteiger partial charge in [0, 0.05) is 11.4 Å². The number of nitrogens with two attached hydrogens (primary N) is 1. The van der Waals surface area contributed by atoms with E-state index in [0.717, 1.165) is 11.5 Å². The Kier molecular flexibility index (Phi) is 3.65. The van der Waals surface area contributed by atoms with Gasteiger partial charge < -0.3 is 20.6 Å². The van der Waals surface area contributed by atoms with E-state index in [9.17, 15) is 4.79 Å². The van der Waals surface area contributed by atoms with Gasteiger partial charge in [-0.15, -0.1) is 0 Å². The molecule has 106 valence electrons. The fourth-order valence-electron chi connectivity index (χ4n) is 1.87. The molecule has 1 aromatic heterocycles. The second-order valence-corrected chi connectivity index (χ2v) is 4.66. The molecule has 6 nitrogen and oxygen atoms in total. The number of rotatable bonds is 4. The minimum Gasteiger partial charge on any atom is -0.478 e. The number of benzene rings is 1. The van der Waals surface area contributed by atoms with Gasteiger partial charge in [0.2, 0.25) is 5.89 Å². The zero-order chi connectivity index (χ0) is 14.9. The van der Waals surface area contributed by atoms with Gasteiger partial charge in [0.1, 0.15) is 5.76 Å². The predicted molar refractivity (Wildman–Crippen MR) is 75.9 cm³/mol. The number of carboxylic acids is 1. The fourth-order valence-corrected chi connectivity index (χ4v) is 1.87. The van der Waals surface area contributed by atoms with E-state index in [1.165, 1.54) is 6.07 Å². The lowest BCUT2D eigenvalue weighted by Gasteiger charge is -2.10. The quantitative estimate of drug-likeness (QED) is 0.741. The van der Waals surface area contributed by atoms with Gasteiger partial charge in [-0.25, -0.2) is 9.78 Å². The molecule has 0 aliphatic carbocycles. The molecule has 0 aliphatic rings. The van der Waals surface area contributed by atoms with Crippen LogP contribution in [-0.2, 0) is 6.54 Å². The third-order valence-electron chi connectivity index (χ3n) is 3.13. The molecule has 20 heavy (non-hydrogen) atoms. The van der Waals surface area contributed by atoms with E-state index in [4.69, 9.17) is 15.3 Å². The molecular formula is C14H17N3O3. The first-order valence-corrected chi connectivity index (χ1v) is 6.18. The maximum absolute atomic E-state index is 11.1. The predicted octanol–water partition coefficient (Wildman–Crippen LogP) is 2.49. The standard InChI is InChI=1S/C14H17N3O3/c1-7-4-10(5-11(13(7)15)14(18)19)16-6-12-17-8(2)9(3)20-12/h4-5,16H,6,15H2,1-3H3,(H,18,19).